The van der Waals surface area contributed by atoms with Crippen LogP contribution in [0.2, 0.25) is 0 Å². The Morgan fingerprint density at radius 1 is 1.03 bits per heavy atom. The average molecular weight is 418 g/mol. The van der Waals surface area contributed by atoms with Gasteiger partial charge in [0.2, 0.25) is 0 Å². The first kappa shape index (κ1) is 20.8. The van der Waals surface area contributed by atoms with Gasteiger partial charge in [0, 0.05) is 30.3 Å². The molecule has 1 N–H and O–H groups in total. The summed E-state index contributed by atoms with van der Waals surface area (Å²) in [5.41, 5.74) is 2.36. The fraction of sp³-hybridized carbons (Fsp3) is 0.333. The second-order valence-corrected chi connectivity index (χ2v) is 7.85. The lowest BCUT2D eigenvalue weighted by Gasteiger charge is -2.36. The van der Waals surface area contributed by atoms with E-state index in [1.807, 2.05) is 47.4 Å². The molecule has 31 heavy (non-hydrogen) atoms. The van der Waals surface area contributed by atoms with Crippen molar-refractivity contribution in [2.24, 2.45) is 0 Å². The van der Waals surface area contributed by atoms with E-state index in [4.69, 9.17) is 0 Å². The quantitative estimate of drug-likeness (QED) is 0.640. The molecule has 0 bridgehead atoms. The van der Waals surface area contributed by atoms with E-state index in [0.29, 0.717) is 24.2 Å². The molecule has 1 saturated heterocycles. The number of carbonyl (C=O) groups excluding carboxylic acids is 2. The molecule has 1 aliphatic heterocycles. The topological polar surface area (TPSA) is 80.1 Å². The van der Waals surface area contributed by atoms with Gasteiger partial charge in [0.1, 0.15) is 12.7 Å². The number of rotatable bonds is 7. The first-order valence-corrected chi connectivity index (χ1v) is 10.8. The maximum atomic E-state index is 13.3. The predicted molar refractivity (Wildman–Crippen MR) is 118 cm³/mol. The van der Waals surface area contributed by atoms with Crippen molar-refractivity contribution >= 4 is 11.8 Å². The van der Waals surface area contributed by atoms with Gasteiger partial charge >= 0.3 is 0 Å². The fourth-order valence-corrected chi connectivity index (χ4v) is 4.08. The molecule has 1 aromatic heterocycles. The molecule has 2 aromatic carbocycles. The molecule has 4 rings (SSSR count). The van der Waals surface area contributed by atoms with Crippen molar-refractivity contribution in [2.75, 3.05) is 13.1 Å². The number of hydrogen-bond donors (Lipinski definition) is 1. The van der Waals surface area contributed by atoms with Crippen molar-refractivity contribution in [1.29, 1.82) is 0 Å². The van der Waals surface area contributed by atoms with Gasteiger partial charge in [-0.05, 0) is 55.5 Å². The Balaban J connectivity index is 1.37. The Morgan fingerprint density at radius 2 is 1.87 bits per heavy atom. The minimum Gasteiger partial charge on any atom is -0.352 e. The molecular formula is C24H27N5O2. The number of piperidine rings is 1. The standard InChI is InChI=1S/C24H27N5O2/c30-23(20-8-2-1-3-9-20)26-13-12-22-11-4-5-14-29(22)24(31)21-10-6-7-19(15-21)16-28-18-25-17-27-28/h1-3,6-10,15,17-18,22H,4-5,11-14,16H2,(H,26,30)/t22-/m0/s1. The molecule has 1 atom stereocenters. The molecule has 1 fully saturated rings. The first-order valence-electron chi connectivity index (χ1n) is 10.8. The smallest absolute Gasteiger partial charge is 0.254 e. The van der Waals surface area contributed by atoms with Crippen molar-refractivity contribution in [2.45, 2.75) is 38.3 Å². The van der Waals surface area contributed by atoms with E-state index < -0.39 is 0 Å². The van der Waals surface area contributed by atoms with Gasteiger partial charge in [-0.15, -0.1) is 0 Å². The van der Waals surface area contributed by atoms with Gasteiger partial charge in [-0.3, -0.25) is 9.59 Å². The lowest BCUT2D eigenvalue weighted by Crippen LogP contribution is -2.45. The van der Waals surface area contributed by atoms with Crippen LogP contribution in [-0.4, -0.2) is 50.6 Å². The summed E-state index contributed by atoms with van der Waals surface area (Å²) < 4.78 is 1.74. The van der Waals surface area contributed by atoms with Gasteiger partial charge in [-0.25, -0.2) is 9.67 Å². The lowest BCUT2D eigenvalue weighted by atomic mass is 9.97. The predicted octanol–water partition coefficient (Wildman–Crippen LogP) is 3.14. The number of nitrogens with zero attached hydrogens (tertiary/aromatic N) is 4. The van der Waals surface area contributed by atoms with Crippen LogP contribution in [0.3, 0.4) is 0 Å². The highest BCUT2D eigenvalue weighted by Crippen LogP contribution is 2.22. The second kappa shape index (κ2) is 10.0. The van der Waals surface area contributed by atoms with E-state index in [-0.39, 0.29) is 17.9 Å². The third kappa shape index (κ3) is 5.36. The number of aromatic nitrogens is 3. The number of benzene rings is 2. The van der Waals surface area contributed by atoms with Gasteiger partial charge in [0.15, 0.2) is 0 Å². The minimum absolute atomic E-state index is 0.0551. The van der Waals surface area contributed by atoms with Crippen molar-refractivity contribution in [3.05, 3.63) is 83.9 Å². The summed E-state index contributed by atoms with van der Waals surface area (Å²) >= 11 is 0. The second-order valence-electron chi connectivity index (χ2n) is 7.85. The molecule has 2 amide bonds. The van der Waals surface area contributed by atoms with Gasteiger partial charge in [-0.1, -0.05) is 30.3 Å². The highest BCUT2D eigenvalue weighted by molar-refractivity contribution is 5.95. The third-order valence-electron chi connectivity index (χ3n) is 5.67. The molecule has 0 radical (unpaired) electrons. The third-order valence-corrected chi connectivity index (χ3v) is 5.67. The summed E-state index contributed by atoms with van der Waals surface area (Å²) in [6.07, 6.45) is 7.00. The van der Waals surface area contributed by atoms with E-state index in [0.717, 1.165) is 37.8 Å². The van der Waals surface area contributed by atoms with Crippen molar-refractivity contribution < 1.29 is 9.59 Å². The fourth-order valence-electron chi connectivity index (χ4n) is 4.08. The summed E-state index contributed by atoms with van der Waals surface area (Å²) in [4.78, 5) is 31.5. The van der Waals surface area contributed by atoms with Crippen LogP contribution in [0.5, 0.6) is 0 Å². The molecule has 7 heteroatoms. The van der Waals surface area contributed by atoms with E-state index in [1.165, 1.54) is 6.33 Å². The Labute approximate surface area is 182 Å². The Hall–Kier alpha value is -3.48. The van der Waals surface area contributed by atoms with Crippen LogP contribution in [-0.2, 0) is 6.54 Å². The summed E-state index contributed by atoms with van der Waals surface area (Å²) in [5, 5.41) is 7.12. The lowest BCUT2D eigenvalue weighted by molar-refractivity contribution is 0.0601. The molecule has 160 valence electrons. The van der Waals surface area contributed by atoms with Gasteiger partial charge in [0.05, 0.1) is 6.54 Å². The molecule has 0 spiro atoms. The normalized spacial score (nSPS) is 16.1. The van der Waals surface area contributed by atoms with Gasteiger partial charge < -0.3 is 10.2 Å². The van der Waals surface area contributed by atoms with Crippen molar-refractivity contribution in [1.82, 2.24) is 25.0 Å². The summed E-state index contributed by atoms with van der Waals surface area (Å²) in [6.45, 7) is 1.88. The molecule has 0 aliphatic carbocycles. The van der Waals surface area contributed by atoms with Crippen LogP contribution in [0, 0.1) is 0 Å². The highest BCUT2D eigenvalue weighted by atomic mass is 16.2. The van der Waals surface area contributed by atoms with Crippen LogP contribution in [0.15, 0.2) is 67.3 Å². The van der Waals surface area contributed by atoms with Crippen LogP contribution < -0.4 is 5.32 Å². The van der Waals surface area contributed by atoms with E-state index in [2.05, 4.69) is 15.4 Å². The zero-order valence-corrected chi connectivity index (χ0v) is 17.5. The van der Waals surface area contributed by atoms with Gasteiger partial charge in [0.25, 0.3) is 11.8 Å². The molecule has 3 aromatic rings. The van der Waals surface area contributed by atoms with Crippen molar-refractivity contribution in [3.8, 4) is 0 Å². The van der Waals surface area contributed by atoms with Crippen LogP contribution >= 0.6 is 0 Å². The summed E-state index contributed by atoms with van der Waals surface area (Å²) in [6, 6.07) is 17.1. The van der Waals surface area contributed by atoms with Crippen LogP contribution in [0.25, 0.3) is 0 Å². The molecule has 7 nitrogen and oxygen atoms in total. The number of hydrogen-bond acceptors (Lipinski definition) is 4. The highest BCUT2D eigenvalue weighted by Gasteiger charge is 2.27. The van der Waals surface area contributed by atoms with E-state index in [1.54, 1.807) is 23.1 Å². The number of amides is 2. The zero-order valence-electron chi connectivity index (χ0n) is 17.5. The van der Waals surface area contributed by atoms with Gasteiger partial charge in [-0.2, -0.15) is 5.10 Å². The number of likely N-dealkylation sites (tertiary alicyclic amines) is 1. The number of nitrogens with one attached hydrogen (secondary N) is 1. The first-order chi connectivity index (χ1) is 15.2. The monoisotopic (exact) mass is 417 g/mol. The maximum Gasteiger partial charge on any atom is 0.254 e. The molecule has 0 saturated carbocycles. The van der Waals surface area contributed by atoms with E-state index >= 15 is 0 Å². The molecule has 0 unspecified atom stereocenters. The molecule has 1 aliphatic rings. The van der Waals surface area contributed by atoms with Crippen LogP contribution in [0.4, 0.5) is 0 Å². The Kier molecular flexibility index (Phi) is 6.72. The summed E-state index contributed by atoms with van der Waals surface area (Å²) in [7, 11) is 0. The average Bonchev–Trinajstić information content (AvgIpc) is 3.32. The van der Waals surface area contributed by atoms with Crippen molar-refractivity contribution in [3.63, 3.8) is 0 Å². The Bertz CT molecular complexity index is 1000. The minimum atomic E-state index is -0.0740. The molecular weight excluding hydrogens is 390 g/mol. The van der Waals surface area contributed by atoms with Crippen LogP contribution in [0.1, 0.15) is 52.0 Å². The Morgan fingerprint density at radius 3 is 2.68 bits per heavy atom. The number of carbonyl (C=O) groups is 2. The van der Waals surface area contributed by atoms with E-state index in [9.17, 15) is 9.59 Å². The summed E-state index contributed by atoms with van der Waals surface area (Å²) in [5.74, 6) is -0.0189. The molecule has 2 heterocycles. The maximum absolute atomic E-state index is 13.3. The largest absolute Gasteiger partial charge is 0.352 e. The SMILES string of the molecule is O=C(NCC[C@@H]1CCCCN1C(=O)c1cccc(Cn2cncn2)c1)c1ccccc1. The zero-order chi connectivity index (χ0) is 21.5.